The van der Waals surface area contributed by atoms with Crippen LogP contribution in [0.25, 0.3) is 0 Å². The summed E-state index contributed by atoms with van der Waals surface area (Å²) in [4.78, 5) is 49.0. The minimum atomic E-state index is -1.68. The number of methoxy groups -OCH3 is 2. The molecule has 2 unspecified atom stereocenters. The molecule has 0 saturated carbocycles. The zero-order valence-corrected chi connectivity index (χ0v) is 20.0. The first-order valence-corrected chi connectivity index (χ1v) is 10.6. The number of nitrogens with one attached hydrogen (secondary N) is 4. The molecule has 1 heterocycles. The number of ether oxygens (including phenoxy) is 3. The number of rotatable bonds is 6. The summed E-state index contributed by atoms with van der Waals surface area (Å²) in [6.07, 6.45) is -1.75. The van der Waals surface area contributed by atoms with Gasteiger partial charge in [-0.25, -0.2) is 0 Å². The molecule has 2 atom stereocenters. The maximum atomic E-state index is 12.9. The van der Waals surface area contributed by atoms with E-state index >= 15 is 0 Å². The molecule has 0 radical (unpaired) electrons. The Balaban J connectivity index is 3.45. The Hall–Kier alpha value is -2.99. The third-order valence-electron chi connectivity index (χ3n) is 3.85. The fraction of sp³-hybridized carbons (Fsp3) is 0.588. The Labute approximate surface area is 185 Å². The van der Waals surface area contributed by atoms with Gasteiger partial charge in [0.05, 0.1) is 0 Å². The van der Waals surface area contributed by atoms with Crippen LogP contribution in [0.3, 0.4) is 0 Å². The van der Waals surface area contributed by atoms with Crippen molar-refractivity contribution in [3.05, 3.63) is 0 Å². The molecule has 3 amide bonds. The maximum absolute atomic E-state index is 12.9. The number of amidine groups is 1. The molecule has 0 aromatic heterocycles. The van der Waals surface area contributed by atoms with Crippen LogP contribution in [-0.4, -0.2) is 75.0 Å². The van der Waals surface area contributed by atoms with Crippen molar-refractivity contribution in [3.8, 4) is 0 Å². The first-order chi connectivity index (χ1) is 14.3. The Morgan fingerprint density at radius 1 is 1.10 bits per heavy atom. The average molecular weight is 505 g/mol. The number of carbonyl (C=O) groups is 4. The number of hydrazone groups is 2. The van der Waals surface area contributed by atoms with Gasteiger partial charge >= 0.3 is 185 Å². The second kappa shape index (κ2) is 10.4. The van der Waals surface area contributed by atoms with Gasteiger partial charge in [-0.15, -0.1) is 0 Å². The van der Waals surface area contributed by atoms with Crippen LogP contribution in [0, 0.1) is 11.3 Å². The number of esters is 1. The number of hydrogen-bond donors (Lipinski definition) is 4. The second-order valence-electron chi connectivity index (χ2n) is 7.24. The summed E-state index contributed by atoms with van der Waals surface area (Å²) in [5.41, 5.74) is 3.54. The van der Waals surface area contributed by atoms with E-state index in [0.717, 1.165) is 14.2 Å². The van der Waals surface area contributed by atoms with Crippen LogP contribution in [-0.2, 0) is 23.8 Å². The summed E-state index contributed by atoms with van der Waals surface area (Å²) in [7, 11) is 2.26. The minimum absolute atomic E-state index is 0.00999. The molecule has 0 spiro atoms. The van der Waals surface area contributed by atoms with Crippen LogP contribution in [0.15, 0.2) is 10.2 Å². The summed E-state index contributed by atoms with van der Waals surface area (Å²) in [6, 6.07) is 0. The van der Waals surface area contributed by atoms with Crippen molar-refractivity contribution in [2.24, 2.45) is 16.1 Å². The van der Waals surface area contributed by atoms with E-state index < -0.39 is 54.9 Å². The molecule has 31 heavy (non-hydrogen) atoms. The van der Waals surface area contributed by atoms with Crippen molar-refractivity contribution < 1.29 is 33.4 Å². The molecule has 0 bridgehead atoms. The molecule has 13 nitrogen and oxygen atoms in total. The molecule has 1 fully saturated rings. The molecular weight excluding hydrogens is 479 g/mol. The summed E-state index contributed by atoms with van der Waals surface area (Å²) < 4.78 is 12.6. The predicted molar refractivity (Wildman–Crippen MR) is 111 cm³/mol. The van der Waals surface area contributed by atoms with Crippen molar-refractivity contribution >= 4 is 55.2 Å². The van der Waals surface area contributed by atoms with Gasteiger partial charge < -0.3 is 0 Å². The van der Waals surface area contributed by atoms with Gasteiger partial charge in [-0.3, -0.25) is 0 Å². The van der Waals surface area contributed by atoms with E-state index in [-0.39, 0.29) is 16.2 Å². The standard InChI is InChI=1S/C17H26N6O7Se/c1-8(20-22-14(26)29-7)10(11(24)28-6)17(12(25)19-13(18)31-17)9(2)21-23-15(27)30-16(3,4)5/h10H,1-7H3,(H,22,26)(H,23,27)(H2,18,19,25)/b20-8+,21-9+. The summed E-state index contributed by atoms with van der Waals surface area (Å²) in [5, 5.41) is 18.1. The molecule has 4 N–H and O–H groups in total. The topological polar surface area (TPSA) is 181 Å². The molecule has 0 aliphatic carbocycles. The summed E-state index contributed by atoms with van der Waals surface area (Å²) in [6.45, 7) is 7.83. The number of carbonyl (C=O) groups excluding carboxylic acids is 4. The van der Waals surface area contributed by atoms with E-state index in [1.54, 1.807) is 20.8 Å². The Morgan fingerprint density at radius 3 is 2.13 bits per heavy atom. The van der Waals surface area contributed by atoms with E-state index in [1.165, 1.54) is 13.8 Å². The number of amides is 3. The van der Waals surface area contributed by atoms with Gasteiger partial charge in [-0.1, -0.05) is 0 Å². The van der Waals surface area contributed by atoms with Gasteiger partial charge in [0.25, 0.3) is 0 Å². The van der Waals surface area contributed by atoms with E-state index in [4.69, 9.17) is 14.9 Å². The zero-order chi connectivity index (χ0) is 24.0. The van der Waals surface area contributed by atoms with Gasteiger partial charge in [-0.2, -0.15) is 0 Å². The van der Waals surface area contributed by atoms with E-state index in [0.29, 0.717) is 0 Å². The van der Waals surface area contributed by atoms with Crippen molar-refractivity contribution in [3.63, 3.8) is 0 Å². The third-order valence-corrected chi connectivity index (χ3v) is 6.67. The number of hydrogen-bond acceptors (Lipinski definition) is 10. The second-order valence-corrected chi connectivity index (χ2v) is 9.88. The molecule has 1 aliphatic rings. The van der Waals surface area contributed by atoms with Crippen LogP contribution in [0.1, 0.15) is 34.6 Å². The number of nitrogens with zero attached hydrogens (tertiary/aromatic N) is 2. The Kier molecular flexibility index (Phi) is 8.70. The first kappa shape index (κ1) is 26.0. The Morgan fingerprint density at radius 2 is 1.68 bits per heavy atom. The van der Waals surface area contributed by atoms with Gasteiger partial charge in [-0.05, 0) is 0 Å². The Bertz CT molecular complexity index is 835. The van der Waals surface area contributed by atoms with Crippen LogP contribution in [0.5, 0.6) is 0 Å². The fourth-order valence-corrected chi connectivity index (χ4v) is 5.06. The van der Waals surface area contributed by atoms with Crippen LogP contribution in [0.2, 0.25) is 4.31 Å². The molecule has 14 heteroatoms. The normalized spacial score (nSPS) is 20.5. The summed E-state index contributed by atoms with van der Waals surface area (Å²) in [5.74, 6) is -2.87. The molecule has 1 aliphatic heterocycles. The van der Waals surface area contributed by atoms with Gasteiger partial charge in [0.15, 0.2) is 0 Å². The molecule has 1 rings (SSSR count). The zero-order valence-electron chi connectivity index (χ0n) is 18.2. The monoisotopic (exact) mass is 506 g/mol. The van der Waals surface area contributed by atoms with Crippen molar-refractivity contribution in [1.29, 1.82) is 5.41 Å². The van der Waals surface area contributed by atoms with Crippen molar-refractivity contribution in [2.45, 2.75) is 44.5 Å². The average Bonchev–Trinajstić information content (AvgIpc) is 2.97. The quantitative estimate of drug-likeness (QED) is 0.132. The van der Waals surface area contributed by atoms with Crippen LogP contribution < -0.4 is 16.2 Å². The first-order valence-electron chi connectivity index (χ1n) is 8.87. The van der Waals surface area contributed by atoms with Crippen LogP contribution >= 0.6 is 0 Å². The van der Waals surface area contributed by atoms with Crippen molar-refractivity contribution in [2.75, 3.05) is 14.2 Å². The van der Waals surface area contributed by atoms with Gasteiger partial charge in [0.2, 0.25) is 0 Å². The fourth-order valence-electron chi connectivity index (χ4n) is 2.57. The summed E-state index contributed by atoms with van der Waals surface area (Å²) >= 11 is -0.950. The molecule has 172 valence electrons. The van der Waals surface area contributed by atoms with Crippen LogP contribution in [0.4, 0.5) is 9.59 Å². The predicted octanol–water partition coefficient (Wildman–Crippen LogP) is 0.336. The van der Waals surface area contributed by atoms with E-state index in [1.807, 2.05) is 0 Å². The van der Waals surface area contributed by atoms with Crippen molar-refractivity contribution in [1.82, 2.24) is 16.2 Å². The molecule has 0 aromatic rings. The van der Waals surface area contributed by atoms with Gasteiger partial charge in [0.1, 0.15) is 0 Å². The third kappa shape index (κ3) is 6.49. The van der Waals surface area contributed by atoms with Gasteiger partial charge in [0, 0.05) is 0 Å². The molecule has 1 saturated heterocycles. The SMILES string of the molecule is COC(=O)N/N=C(\C)C(C(=O)OC)C1(/C(C)=N/NC(=O)OC(C)(C)C)[Se]C(=N)NC1=O. The molecule has 0 aromatic carbocycles. The molecular formula is C17H26N6O7Se. The van der Waals surface area contributed by atoms with E-state index in [2.05, 4.69) is 31.1 Å². The van der Waals surface area contributed by atoms with E-state index in [9.17, 15) is 19.2 Å².